The van der Waals surface area contributed by atoms with Gasteiger partial charge in [-0.15, -0.1) is 6.58 Å². The van der Waals surface area contributed by atoms with Crippen LogP contribution in [0.25, 0.3) is 0 Å². The third-order valence-electron chi connectivity index (χ3n) is 2.76. The fourth-order valence-corrected chi connectivity index (χ4v) is 1.51. The van der Waals surface area contributed by atoms with Gasteiger partial charge in [-0.3, -0.25) is 4.68 Å². The van der Waals surface area contributed by atoms with Crippen molar-refractivity contribution in [2.24, 2.45) is 5.92 Å². The minimum Gasteiger partial charge on any atom is -0.312 e. The summed E-state index contributed by atoms with van der Waals surface area (Å²) in [4.78, 5) is 0. The molecule has 0 bridgehead atoms. The summed E-state index contributed by atoms with van der Waals surface area (Å²) >= 11 is 0. The molecule has 0 aromatic carbocycles. The molecule has 0 aliphatic rings. The lowest BCUT2D eigenvalue weighted by molar-refractivity contribution is 0.390. The largest absolute Gasteiger partial charge is 0.312 e. The molecule has 0 saturated heterocycles. The average molecular weight is 207 g/mol. The van der Waals surface area contributed by atoms with Gasteiger partial charge >= 0.3 is 0 Å². The quantitative estimate of drug-likeness (QED) is 0.694. The molecule has 0 aliphatic carbocycles. The van der Waals surface area contributed by atoms with E-state index < -0.39 is 0 Å². The summed E-state index contributed by atoms with van der Waals surface area (Å²) in [5.41, 5.74) is 0. The highest BCUT2D eigenvalue weighted by molar-refractivity contribution is 4.79. The lowest BCUT2D eigenvalue weighted by Gasteiger charge is -2.19. The van der Waals surface area contributed by atoms with Crippen LogP contribution in [-0.2, 0) is 6.54 Å². The smallest absolute Gasteiger partial charge is 0.0534 e. The Hall–Kier alpha value is -1.09. The molecular weight excluding hydrogens is 186 g/mol. The minimum absolute atomic E-state index is 0.526. The molecule has 3 heteroatoms. The molecule has 0 fully saturated rings. The summed E-state index contributed by atoms with van der Waals surface area (Å²) < 4.78 is 1.94. The number of rotatable bonds is 7. The van der Waals surface area contributed by atoms with E-state index in [1.165, 1.54) is 0 Å². The second-order valence-corrected chi connectivity index (χ2v) is 4.01. The van der Waals surface area contributed by atoms with Gasteiger partial charge < -0.3 is 5.32 Å². The summed E-state index contributed by atoms with van der Waals surface area (Å²) in [5, 5.41) is 7.65. The van der Waals surface area contributed by atoms with Crippen molar-refractivity contribution in [1.29, 1.82) is 0 Å². The fourth-order valence-electron chi connectivity index (χ4n) is 1.51. The van der Waals surface area contributed by atoms with Gasteiger partial charge in [-0.2, -0.15) is 5.10 Å². The lowest BCUT2D eigenvalue weighted by Crippen LogP contribution is -2.34. The monoisotopic (exact) mass is 207 g/mol. The maximum atomic E-state index is 4.15. The van der Waals surface area contributed by atoms with Crippen LogP contribution in [0.5, 0.6) is 0 Å². The summed E-state index contributed by atoms with van der Waals surface area (Å²) in [5.74, 6) is 0.639. The maximum absolute atomic E-state index is 4.15. The van der Waals surface area contributed by atoms with Gasteiger partial charge in [0.2, 0.25) is 0 Å². The van der Waals surface area contributed by atoms with Crippen LogP contribution in [0.15, 0.2) is 31.1 Å². The molecule has 0 saturated carbocycles. The van der Waals surface area contributed by atoms with Crippen LogP contribution in [0.4, 0.5) is 0 Å². The number of aromatic nitrogens is 2. The predicted octanol–water partition coefficient (Wildman–Crippen LogP) is 2.07. The first-order valence-corrected chi connectivity index (χ1v) is 5.55. The molecule has 0 radical (unpaired) electrons. The van der Waals surface area contributed by atoms with Crippen LogP contribution >= 0.6 is 0 Å². The lowest BCUT2D eigenvalue weighted by atomic mass is 10.00. The van der Waals surface area contributed by atoms with E-state index in [1.54, 1.807) is 0 Å². The highest BCUT2D eigenvalue weighted by Gasteiger charge is 2.08. The van der Waals surface area contributed by atoms with E-state index in [1.807, 2.05) is 29.2 Å². The molecular formula is C12H21N3. The molecule has 15 heavy (non-hydrogen) atoms. The standard InChI is InChI=1S/C12H21N3/c1-4-6-11(2)12(3)13-8-10-15-9-5-7-14-15/h4-5,7,9,11-13H,1,6,8,10H2,2-3H3. The SMILES string of the molecule is C=CCC(C)C(C)NCCn1cccn1. The molecule has 1 heterocycles. The number of allylic oxidation sites excluding steroid dienone is 1. The van der Waals surface area contributed by atoms with Crippen LogP contribution in [-0.4, -0.2) is 22.4 Å². The molecule has 2 unspecified atom stereocenters. The normalized spacial score (nSPS) is 14.8. The maximum Gasteiger partial charge on any atom is 0.0534 e. The van der Waals surface area contributed by atoms with Crippen molar-refractivity contribution >= 4 is 0 Å². The Kier molecular flexibility index (Phi) is 5.12. The molecule has 1 rings (SSSR count). The van der Waals surface area contributed by atoms with Crippen LogP contribution < -0.4 is 5.32 Å². The van der Waals surface area contributed by atoms with Crippen LogP contribution in [0.2, 0.25) is 0 Å². The average Bonchev–Trinajstić information content (AvgIpc) is 2.71. The van der Waals surface area contributed by atoms with E-state index >= 15 is 0 Å². The molecule has 0 spiro atoms. The van der Waals surface area contributed by atoms with E-state index in [-0.39, 0.29) is 0 Å². The van der Waals surface area contributed by atoms with Gasteiger partial charge in [-0.25, -0.2) is 0 Å². The molecule has 3 nitrogen and oxygen atoms in total. The van der Waals surface area contributed by atoms with Gasteiger partial charge in [0.05, 0.1) is 6.54 Å². The molecule has 1 N–H and O–H groups in total. The van der Waals surface area contributed by atoms with E-state index in [2.05, 4.69) is 30.8 Å². The molecule has 84 valence electrons. The Morgan fingerprint density at radius 2 is 2.33 bits per heavy atom. The number of nitrogens with one attached hydrogen (secondary N) is 1. The first-order valence-electron chi connectivity index (χ1n) is 5.55. The van der Waals surface area contributed by atoms with Gasteiger partial charge in [-0.05, 0) is 25.3 Å². The van der Waals surface area contributed by atoms with Gasteiger partial charge in [0.1, 0.15) is 0 Å². The zero-order valence-corrected chi connectivity index (χ0v) is 9.69. The molecule has 0 aliphatic heterocycles. The highest BCUT2D eigenvalue weighted by atomic mass is 15.3. The Labute approximate surface area is 92.2 Å². The molecule has 0 amide bonds. The molecule has 1 aromatic rings. The van der Waals surface area contributed by atoms with Crippen molar-refractivity contribution in [3.63, 3.8) is 0 Å². The zero-order valence-electron chi connectivity index (χ0n) is 9.69. The Morgan fingerprint density at radius 1 is 1.53 bits per heavy atom. The molecule has 2 atom stereocenters. The second kappa shape index (κ2) is 6.40. The van der Waals surface area contributed by atoms with Crippen LogP contribution in [0.3, 0.4) is 0 Å². The number of nitrogens with zero attached hydrogens (tertiary/aromatic N) is 2. The van der Waals surface area contributed by atoms with Crippen molar-refractivity contribution in [3.05, 3.63) is 31.1 Å². The van der Waals surface area contributed by atoms with E-state index in [4.69, 9.17) is 0 Å². The van der Waals surface area contributed by atoms with Crippen LogP contribution in [0, 0.1) is 5.92 Å². The Morgan fingerprint density at radius 3 is 2.93 bits per heavy atom. The molecule has 1 aromatic heterocycles. The van der Waals surface area contributed by atoms with Crippen molar-refractivity contribution < 1.29 is 0 Å². The number of hydrogen-bond acceptors (Lipinski definition) is 2. The van der Waals surface area contributed by atoms with Crippen LogP contribution in [0.1, 0.15) is 20.3 Å². The second-order valence-electron chi connectivity index (χ2n) is 4.01. The van der Waals surface area contributed by atoms with Crippen molar-refractivity contribution in [3.8, 4) is 0 Å². The third kappa shape index (κ3) is 4.30. The van der Waals surface area contributed by atoms with Crippen molar-refractivity contribution in [2.45, 2.75) is 32.9 Å². The van der Waals surface area contributed by atoms with Crippen molar-refractivity contribution in [2.75, 3.05) is 6.54 Å². The van der Waals surface area contributed by atoms with Gasteiger partial charge in [0.15, 0.2) is 0 Å². The zero-order chi connectivity index (χ0) is 11.1. The van der Waals surface area contributed by atoms with Crippen molar-refractivity contribution in [1.82, 2.24) is 15.1 Å². The third-order valence-corrected chi connectivity index (χ3v) is 2.76. The number of hydrogen-bond donors (Lipinski definition) is 1. The van der Waals surface area contributed by atoms with E-state index in [0.29, 0.717) is 12.0 Å². The minimum atomic E-state index is 0.526. The topological polar surface area (TPSA) is 29.9 Å². The van der Waals surface area contributed by atoms with Gasteiger partial charge in [-0.1, -0.05) is 13.0 Å². The fraction of sp³-hybridized carbons (Fsp3) is 0.583. The summed E-state index contributed by atoms with van der Waals surface area (Å²) in [6, 6.07) is 2.47. The first-order chi connectivity index (χ1) is 7.24. The Bertz CT molecular complexity index is 266. The summed E-state index contributed by atoms with van der Waals surface area (Å²) in [7, 11) is 0. The van der Waals surface area contributed by atoms with Gasteiger partial charge in [0, 0.05) is 25.0 Å². The van der Waals surface area contributed by atoms with Gasteiger partial charge in [0.25, 0.3) is 0 Å². The Balaban J connectivity index is 2.16. The highest BCUT2D eigenvalue weighted by Crippen LogP contribution is 2.07. The van der Waals surface area contributed by atoms with E-state index in [0.717, 1.165) is 19.5 Å². The predicted molar refractivity (Wildman–Crippen MR) is 63.7 cm³/mol. The first kappa shape index (κ1) is 12.0. The van der Waals surface area contributed by atoms with E-state index in [9.17, 15) is 0 Å². The summed E-state index contributed by atoms with van der Waals surface area (Å²) in [6.45, 7) is 10.1. The summed E-state index contributed by atoms with van der Waals surface area (Å²) in [6.07, 6.45) is 6.84.